The Bertz CT molecular complexity index is 1090. The fourth-order valence-corrected chi connectivity index (χ4v) is 4.57. The van der Waals surface area contributed by atoms with Crippen LogP contribution in [0.25, 0.3) is 0 Å². The van der Waals surface area contributed by atoms with Crippen molar-refractivity contribution in [3.05, 3.63) is 76.0 Å². The van der Waals surface area contributed by atoms with Gasteiger partial charge in [-0.15, -0.1) is 0 Å². The fraction of sp³-hybridized carbons (Fsp3) is 0.227. The normalized spacial score (nSPS) is 15.5. The fourth-order valence-electron chi connectivity index (χ4n) is 3.75. The van der Waals surface area contributed by atoms with Crippen LogP contribution in [0.1, 0.15) is 17.3 Å². The first-order chi connectivity index (χ1) is 14.5. The van der Waals surface area contributed by atoms with Gasteiger partial charge in [-0.1, -0.05) is 29.3 Å². The van der Waals surface area contributed by atoms with E-state index in [1.54, 1.807) is 20.3 Å². The van der Waals surface area contributed by atoms with Crippen LogP contribution < -0.4 is 14.8 Å². The number of methoxy groups -OCH3 is 2. The number of hydrogen-bond donors (Lipinski definition) is 1. The number of thiocarbonyl (C=S) groups is 1. The van der Waals surface area contributed by atoms with E-state index in [1.165, 1.54) is 0 Å². The molecule has 0 saturated carbocycles. The zero-order valence-corrected chi connectivity index (χ0v) is 18.9. The summed E-state index contributed by atoms with van der Waals surface area (Å²) in [6, 6.07) is 15.1. The molecule has 156 valence electrons. The van der Waals surface area contributed by atoms with Crippen LogP contribution in [0, 0.1) is 0 Å². The van der Waals surface area contributed by atoms with Crippen LogP contribution in [0.3, 0.4) is 0 Å². The molecule has 1 aliphatic heterocycles. The van der Waals surface area contributed by atoms with Crippen molar-refractivity contribution in [2.75, 3.05) is 26.1 Å². The minimum atomic E-state index is -0.143. The van der Waals surface area contributed by atoms with Gasteiger partial charge in [0.05, 0.1) is 25.9 Å². The summed E-state index contributed by atoms with van der Waals surface area (Å²) in [7, 11) is 3.25. The van der Waals surface area contributed by atoms with Crippen molar-refractivity contribution in [1.29, 1.82) is 0 Å². The lowest BCUT2D eigenvalue weighted by Crippen LogP contribution is -2.44. The SMILES string of the molecule is COc1ccc(OC)c(NC(=S)N2CCn3cccc3C2c2ccc(Cl)cc2Cl)c1. The number of aromatic nitrogens is 1. The Labute approximate surface area is 191 Å². The van der Waals surface area contributed by atoms with Gasteiger partial charge in [0, 0.05) is 41.1 Å². The predicted molar refractivity (Wildman–Crippen MR) is 125 cm³/mol. The first-order valence-electron chi connectivity index (χ1n) is 9.41. The molecule has 5 nitrogen and oxygen atoms in total. The number of nitrogens with zero attached hydrogens (tertiary/aromatic N) is 2. The topological polar surface area (TPSA) is 38.7 Å². The van der Waals surface area contributed by atoms with E-state index in [2.05, 4.69) is 27.0 Å². The summed E-state index contributed by atoms with van der Waals surface area (Å²) in [4.78, 5) is 2.14. The van der Waals surface area contributed by atoms with Gasteiger partial charge in [0.1, 0.15) is 11.5 Å². The van der Waals surface area contributed by atoms with E-state index in [0.29, 0.717) is 26.7 Å². The Balaban J connectivity index is 1.71. The Hall–Kier alpha value is -2.41. The van der Waals surface area contributed by atoms with Crippen LogP contribution in [0.15, 0.2) is 54.7 Å². The molecule has 1 aliphatic rings. The molecule has 0 radical (unpaired) electrons. The summed E-state index contributed by atoms with van der Waals surface area (Å²) in [5, 5.41) is 5.11. The third-order valence-electron chi connectivity index (χ3n) is 5.20. The van der Waals surface area contributed by atoms with Gasteiger partial charge in [-0.3, -0.25) is 0 Å². The van der Waals surface area contributed by atoms with Crippen LogP contribution >= 0.6 is 35.4 Å². The van der Waals surface area contributed by atoms with E-state index >= 15 is 0 Å². The van der Waals surface area contributed by atoms with Gasteiger partial charge < -0.3 is 24.3 Å². The maximum Gasteiger partial charge on any atom is 0.174 e. The molecular weight excluding hydrogens is 441 g/mol. The van der Waals surface area contributed by atoms with E-state index < -0.39 is 0 Å². The van der Waals surface area contributed by atoms with E-state index in [1.807, 2.05) is 36.4 Å². The number of ether oxygens (including phenoxy) is 2. The Morgan fingerprint density at radius 1 is 1.07 bits per heavy atom. The van der Waals surface area contributed by atoms with Crippen molar-refractivity contribution in [2.45, 2.75) is 12.6 Å². The van der Waals surface area contributed by atoms with Gasteiger partial charge in [-0.05, 0) is 54.2 Å². The highest BCUT2D eigenvalue weighted by Gasteiger charge is 2.32. The number of fused-ring (bicyclic) bond motifs is 1. The second kappa shape index (κ2) is 8.76. The number of anilines is 1. The highest BCUT2D eigenvalue weighted by atomic mass is 35.5. The molecule has 0 fully saturated rings. The van der Waals surface area contributed by atoms with Crippen molar-refractivity contribution < 1.29 is 9.47 Å². The van der Waals surface area contributed by atoms with Crippen LogP contribution in [-0.2, 0) is 6.54 Å². The lowest BCUT2D eigenvalue weighted by atomic mass is 10.00. The molecule has 0 saturated heterocycles. The summed E-state index contributed by atoms with van der Waals surface area (Å²) < 4.78 is 13.1. The molecule has 2 aromatic carbocycles. The number of benzene rings is 2. The molecule has 3 aromatic rings. The number of hydrogen-bond acceptors (Lipinski definition) is 3. The van der Waals surface area contributed by atoms with Crippen molar-refractivity contribution in [1.82, 2.24) is 9.47 Å². The molecule has 2 heterocycles. The highest BCUT2D eigenvalue weighted by molar-refractivity contribution is 7.80. The zero-order valence-electron chi connectivity index (χ0n) is 16.6. The predicted octanol–water partition coefficient (Wildman–Crippen LogP) is 5.61. The smallest absolute Gasteiger partial charge is 0.174 e. The molecule has 1 N–H and O–H groups in total. The Morgan fingerprint density at radius 2 is 1.90 bits per heavy atom. The van der Waals surface area contributed by atoms with Gasteiger partial charge in [-0.25, -0.2) is 0 Å². The summed E-state index contributed by atoms with van der Waals surface area (Å²) in [5.41, 5.74) is 2.80. The third-order valence-corrected chi connectivity index (χ3v) is 6.10. The van der Waals surface area contributed by atoms with Crippen LogP contribution in [0.5, 0.6) is 11.5 Å². The molecule has 1 unspecified atom stereocenters. The molecule has 30 heavy (non-hydrogen) atoms. The molecule has 4 rings (SSSR count). The number of nitrogens with one attached hydrogen (secondary N) is 1. The average molecular weight is 462 g/mol. The quantitative estimate of drug-likeness (QED) is 0.510. The molecule has 8 heteroatoms. The summed E-state index contributed by atoms with van der Waals surface area (Å²) in [5.74, 6) is 1.39. The maximum absolute atomic E-state index is 6.59. The standard InChI is InChI=1S/C22H21Cl2N3O2S/c1-28-15-6-8-20(29-2)18(13-15)25-22(30)27-11-10-26-9-3-4-19(26)21(27)16-7-5-14(23)12-17(16)24/h3-9,12-13,21H,10-11H2,1-2H3,(H,25,30). The van der Waals surface area contributed by atoms with Crippen molar-refractivity contribution in [3.8, 4) is 11.5 Å². The van der Waals surface area contributed by atoms with E-state index in [-0.39, 0.29) is 6.04 Å². The van der Waals surface area contributed by atoms with Crippen LogP contribution in [0.4, 0.5) is 5.69 Å². The molecule has 0 amide bonds. The van der Waals surface area contributed by atoms with Gasteiger partial charge >= 0.3 is 0 Å². The highest BCUT2D eigenvalue weighted by Crippen LogP contribution is 2.38. The first-order valence-corrected chi connectivity index (χ1v) is 10.6. The molecule has 0 aliphatic carbocycles. The number of rotatable bonds is 4. The van der Waals surface area contributed by atoms with Crippen LogP contribution in [-0.4, -0.2) is 35.3 Å². The second-order valence-corrected chi connectivity index (χ2v) is 8.11. The van der Waals surface area contributed by atoms with Crippen LogP contribution in [0.2, 0.25) is 10.0 Å². The van der Waals surface area contributed by atoms with E-state index in [0.717, 1.165) is 30.0 Å². The Kier molecular flexibility index (Phi) is 6.09. The summed E-state index contributed by atoms with van der Waals surface area (Å²) in [6.45, 7) is 1.55. The van der Waals surface area contributed by atoms with Gasteiger partial charge in [0.15, 0.2) is 5.11 Å². The molecule has 0 bridgehead atoms. The molecule has 0 spiro atoms. The van der Waals surface area contributed by atoms with Gasteiger partial charge in [0.2, 0.25) is 0 Å². The lowest BCUT2D eigenvalue weighted by Gasteiger charge is -2.39. The summed E-state index contributed by atoms with van der Waals surface area (Å²) in [6.07, 6.45) is 2.07. The largest absolute Gasteiger partial charge is 0.497 e. The molecule has 1 atom stereocenters. The van der Waals surface area contributed by atoms with Crippen molar-refractivity contribution in [3.63, 3.8) is 0 Å². The second-order valence-electron chi connectivity index (χ2n) is 6.88. The maximum atomic E-state index is 6.59. The van der Waals surface area contributed by atoms with Crippen molar-refractivity contribution in [2.24, 2.45) is 0 Å². The monoisotopic (exact) mass is 461 g/mol. The van der Waals surface area contributed by atoms with E-state index in [9.17, 15) is 0 Å². The zero-order chi connectivity index (χ0) is 21.3. The summed E-state index contributed by atoms with van der Waals surface area (Å²) >= 11 is 18.6. The minimum absolute atomic E-state index is 0.143. The van der Waals surface area contributed by atoms with Crippen molar-refractivity contribution >= 4 is 46.2 Å². The third kappa shape index (κ3) is 3.95. The number of halogens is 2. The molecular formula is C22H21Cl2N3O2S. The van der Waals surface area contributed by atoms with Gasteiger partial charge in [-0.2, -0.15) is 0 Å². The molecule has 1 aromatic heterocycles. The Morgan fingerprint density at radius 3 is 2.63 bits per heavy atom. The lowest BCUT2D eigenvalue weighted by molar-refractivity contribution is 0.293. The average Bonchev–Trinajstić information content (AvgIpc) is 3.22. The minimum Gasteiger partial charge on any atom is -0.497 e. The van der Waals surface area contributed by atoms with E-state index in [4.69, 9.17) is 44.9 Å². The van der Waals surface area contributed by atoms with Gasteiger partial charge in [0.25, 0.3) is 0 Å². The first kappa shape index (κ1) is 20.8.